The minimum absolute atomic E-state index is 0. The molecule has 0 aliphatic heterocycles. The predicted molar refractivity (Wildman–Crippen MR) is 69.0 cm³/mol. The molecule has 0 spiro atoms. The van der Waals surface area contributed by atoms with Gasteiger partial charge in [-0.15, -0.1) is 6.42 Å². The molecule has 0 aromatic heterocycles. The molecule has 99 valence electrons. The van der Waals surface area contributed by atoms with Crippen LogP contribution < -0.4 is 0 Å². The number of hydrogen-bond donors (Lipinski definition) is 0. The van der Waals surface area contributed by atoms with E-state index < -0.39 is 0 Å². The van der Waals surface area contributed by atoms with Crippen molar-refractivity contribution in [2.75, 3.05) is 0 Å². The van der Waals surface area contributed by atoms with Crippen LogP contribution in [0.5, 0.6) is 0 Å². The average Bonchev–Trinajstić information content (AvgIpc) is 2.24. The Morgan fingerprint density at radius 1 is 1.00 bits per heavy atom. The first-order valence-corrected chi connectivity index (χ1v) is 6.18. The third-order valence-corrected chi connectivity index (χ3v) is 2.12. The van der Waals surface area contributed by atoms with Gasteiger partial charge in [0.2, 0.25) is 0 Å². The van der Waals surface area contributed by atoms with Gasteiger partial charge < -0.3 is 23.4 Å². The van der Waals surface area contributed by atoms with Crippen LogP contribution >= 0.6 is 0 Å². The van der Waals surface area contributed by atoms with E-state index in [1.807, 2.05) is 0 Å². The fourth-order valence-corrected chi connectivity index (χ4v) is 1.12. The topological polar surface area (TPSA) is 34.1 Å². The van der Waals surface area contributed by atoms with Gasteiger partial charge in [0, 0.05) is 39.1 Å². The summed E-state index contributed by atoms with van der Waals surface area (Å²) in [4.78, 5) is 20.7. The van der Waals surface area contributed by atoms with Gasteiger partial charge in [-0.25, -0.2) is 0 Å². The van der Waals surface area contributed by atoms with Gasteiger partial charge in [-0.3, -0.25) is 0 Å². The zero-order chi connectivity index (χ0) is 12.8. The van der Waals surface area contributed by atoms with Crippen molar-refractivity contribution in [2.24, 2.45) is 0 Å². The van der Waals surface area contributed by atoms with Gasteiger partial charge in [0.1, 0.15) is 11.6 Å². The van der Waals surface area contributed by atoms with Crippen LogP contribution in [0.1, 0.15) is 65.2 Å². The second kappa shape index (κ2) is 18.8. The maximum atomic E-state index is 10.7. The van der Waals surface area contributed by atoms with Gasteiger partial charge >= 0.3 is 0 Å². The molecule has 0 saturated carbocycles. The molecule has 3 heteroatoms. The molecule has 0 rings (SSSR count). The summed E-state index contributed by atoms with van der Waals surface area (Å²) in [5.41, 5.74) is 0. The standard InChI is InChI=1S/C9H17O.C5H9O.Y/c1-3-5-6-7-8-9(10)4-2;1-3-4-5(2)6;/h2-8H2,1H3;1,3-4H2,2H3;/q2*-1;. The smallest absolute Gasteiger partial charge is 0.127 e. The van der Waals surface area contributed by atoms with Crippen molar-refractivity contribution in [2.45, 2.75) is 65.2 Å². The Morgan fingerprint density at radius 2 is 1.59 bits per heavy atom. The third-order valence-electron chi connectivity index (χ3n) is 2.12. The molecule has 0 heterocycles. The molecular formula is C14H26O2Y-2. The molecule has 1 radical (unpaired) electrons. The number of unbranched alkanes of at least 4 members (excludes halogenated alkanes) is 3. The van der Waals surface area contributed by atoms with Crippen molar-refractivity contribution < 1.29 is 42.3 Å². The molecule has 0 fully saturated rings. The van der Waals surface area contributed by atoms with Gasteiger partial charge in [-0.2, -0.15) is 6.42 Å². The van der Waals surface area contributed by atoms with E-state index in [1.54, 1.807) is 6.92 Å². The maximum Gasteiger partial charge on any atom is 0.127 e. The molecule has 17 heavy (non-hydrogen) atoms. The normalized spacial score (nSPS) is 8.71. The first kappa shape index (κ1) is 22.6. The second-order valence-electron chi connectivity index (χ2n) is 3.90. The molecule has 0 aliphatic carbocycles. The Balaban J connectivity index is -0.000000244. The molecular weight excluding hydrogens is 289 g/mol. The van der Waals surface area contributed by atoms with E-state index in [-0.39, 0.29) is 38.5 Å². The van der Waals surface area contributed by atoms with Gasteiger partial charge in [-0.05, 0) is 19.8 Å². The Kier molecular flexibility index (Phi) is 25.0. The van der Waals surface area contributed by atoms with Crippen LogP contribution in [0.4, 0.5) is 0 Å². The third kappa shape index (κ3) is 26.2. The molecule has 0 atom stereocenters. The van der Waals surface area contributed by atoms with Crippen molar-refractivity contribution in [3.05, 3.63) is 13.8 Å². The van der Waals surface area contributed by atoms with Gasteiger partial charge in [0.15, 0.2) is 0 Å². The maximum absolute atomic E-state index is 10.7. The quantitative estimate of drug-likeness (QED) is 0.502. The molecule has 0 saturated heterocycles. The van der Waals surface area contributed by atoms with E-state index in [9.17, 15) is 9.59 Å². The summed E-state index contributed by atoms with van der Waals surface area (Å²) in [6.07, 6.45) is 7.30. The van der Waals surface area contributed by atoms with Crippen LogP contribution in [0.2, 0.25) is 0 Å². The fraction of sp³-hybridized carbons (Fsp3) is 0.714. The summed E-state index contributed by atoms with van der Waals surface area (Å²) in [7, 11) is 0. The number of carbonyl (C=O) groups excluding carboxylic acids is 2. The van der Waals surface area contributed by atoms with Crippen LogP contribution in [-0.4, -0.2) is 11.6 Å². The molecule has 0 amide bonds. The van der Waals surface area contributed by atoms with Crippen LogP contribution in [0.25, 0.3) is 0 Å². The largest absolute Gasteiger partial charge is 0.343 e. The van der Waals surface area contributed by atoms with Crippen molar-refractivity contribution >= 4 is 11.6 Å². The first-order valence-electron chi connectivity index (χ1n) is 6.18. The Hall–Kier alpha value is 0.444. The summed E-state index contributed by atoms with van der Waals surface area (Å²) in [5.74, 6) is 0.529. The molecule has 2 nitrogen and oxygen atoms in total. The van der Waals surface area contributed by atoms with Crippen molar-refractivity contribution in [1.29, 1.82) is 0 Å². The fourth-order valence-electron chi connectivity index (χ4n) is 1.12. The summed E-state index contributed by atoms with van der Waals surface area (Å²) >= 11 is 0. The summed E-state index contributed by atoms with van der Waals surface area (Å²) < 4.78 is 0. The minimum atomic E-state index is 0. The van der Waals surface area contributed by atoms with Gasteiger partial charge in [0.05, 0.1) is 0 Å². The molecule has 0 N–H and O–H groups in total. The van der Waals surface area contributed by atoms with Crippen LogP contribution in [-0.2, 0) is 42.3 Å². The molecule has 0 aromatic carbocycles. The molecule has 0 aliphatic rings. The Bertz CT molecular complexity index is 179. The number of rotatable bonds is 8. The molecule has 0 unspecified atom stereocenters. The van der Waals surface area contributed by atoms with Gasteiger partial charge in [0.25, 0.3) is 0 Å². The SMILES string of the molecule is [CH2-]CC(=O)CCCCCC.[CH2-]CCC(C)=O.[Y]. The van der Waals surface area contributed by atoms with Crippen molar-refractivity contribution in [3.8, 4) is 0 Å². The minimum Gasteiger partial charge on any atom is -0.343 e. The zero-order valence-corrected chi connectivity index (χ0v) is 14.3. The summed E-state index contributed by atoms with van der Waals surface area (Å²) in [5, 5.41) is 0. The average molecular weight is 315 g/mol. The van der Waals surface area contributed by atoms with E-state index >= 15 is 0 Å². The van der Waals surface area contributed by atoms with E-state index in [0.717, 1.165) is 19.3 Å². The van der Waals surface area contributed by atoms with E-state index in [2.05, 4.69) is 20.8 Å². The van der Waals surface area contributed by atoms with Crippen LogP contribution in [0, 0.1) is 13.8 Å². The predicted octanol–water partition coefficient (Wildman–Crippen LogP) is 3.94. The van der Waals surface area contributed by atoms with Crippen LogP contribution in [0.15, 0.2) is 0 Å². The van der Waals surface area contributed by atoms with Gasteiger partial charge in [-0.1, -0.05) is 26.2 Å². The number of hydrogen-bond acceptors (Lipinski definition) is 2. The second-order valence-corrected chi connectivity index (χ2v) is 3.90. The Labute approximate surface area is 132 Å². The molecule has 0 bridgehead atoms. The van der Waals surface area contributed by atoms with E-state index in [0.29, 0.717) is 18.6 Å². The van der Waals surface area contributed by atoms with E-state index in [4.69, 9.17) is 0 Å². The number of Topliss-reactive ketones (excluding diaryl/α,β-unsaturated/α-hetero) is 2. The Morgan fingerprint density at radius 3 is 1.88 bits per heavy atom. The number of carbonyl (C=O) groups is 2. The first-order chi connectivity index (χ1) is 7.58. The van der Waals surface area contributed by atoms with Crippen molar-refractivity contribution in [3.63, 3.8) is 0 Å². The van der Waals surface area contributed by atoms with E-state index in [1.165, 1.54) is 19.3 Å². The zero-order valence-electron chi connectivity index (χ0n) is 11.5. The van der Waals surface area contributed by atoms with Crippen LogP contribution in [0.3, 0.4) is 0 Å². The number of ketones is 2. The summed E-state index contributed by atoms with van der Waals surface area (Å²) in [6, 6.07) is 0. The van der Waals surface area contributed by atoms with Crippen molar-refractivity contribution in [1.82, 2.24) is 0 Å². The monoisotopic (exact) mass is 315 g/mol. The summed E-state index contributed by atoms with van der Waals surface area (Å²) in [6.45, 7) is 10.8. The molecule has 0 aromatic rings.